The highest BCUT2D eigenvalue weighted by molar-refractivity contribution is 7.99. The molecule has 150 valence electrons. The van der Waals surface area contributed by atoms with E-state index in [1.54, 1.807) is 24.3 Å². The molecule has 2 N–H and O–H groups in total. The Bertz CT molecular complexity index is 838. The van der Waals surface area contributed by atoms with Crippen LogP contribution in [-0.2, 0) is 10.2 Å². The van der Waals surface area contributed by atoms with Crippen LogP contribution in [0.25, 0.3) is 0 Å². The molecule has 2 amide bonds. The lowest BCUT2D eigenvalue weighted by molar-refractivity contribution is -0.113. The Hall–Kier alpha value is -2.35. The van der Waals surface area contributed by atoms with Crippen LogP contribution < -0.4 is 10.6 Å². The molecule has 0 atom stereocenters. The van der Waals surface area contributed by atoms with Crippen molar-refractivity contribution in [3.05, 3.63) is 35.7 Å². The van der Waals surface area contributed by atoms with E-state index in [4.69, 9.17) is 4.42 Å². The summed E-state index contributed by atoms with van der Waals surface area (Å²) in [6.45, 7) is 5.94. The molecule has 0 radical (unpaired) electrons. The van der Waals surface area contributed by atoms with E-state index >= 15 is 0 Å². The van der Waals surface area contributed by atoms with Gasteiger partial charge >= 0.3 is 0 Å². The van der Waals surface area contributed by atoms with Crippen LogP contribution in [0.5, 0.6) is 0 Å². The molecule has 3 rings (SSSR count). The summed E-state index contributed by atoms with van der Waals surface area (Å²) >= 11 is 1.17. The highest BCUT2D eigenvalue weighted by Gasteiger charge is 2.22. The van der Waals surface area contributed by atoms with Crippen LogP contribution in [0.3, 0.4) is 0 Å². The van der Waals surface area contributed by atoms with Gasteiger partial charge in [0.1, 0.15) is 0 Å². The van der Waals surface area contributed by atoms with E-state index in [1.165, 1.54) is 11.8 Å². The number of nitrogens with one attached hydrogen (secondary N) is 2. The van der Waals surface area contributed by atoms with Crippen LogP contribution in [-0.4, -0.2) is 33.8 Å². The Morgan fingerprint density at radius 3 is 2.57 bits per heavy atom. The number of aromatic nitrogens is 2. The largest absolute Gasteiger partial charge is 0.415 e. The van der Waals surface area contributed by atoms with Gasteiger partial charge < -0.3 is 15.1 Å². The SMILES string of the molecule is CC(C)(C)c1nnc(SCC(=O)Nc2ccccc2C(=O)NC2CCCC2)o1. The van der Waals surface area contributed by atoms with Gasteiger partial charge in [-0.2, -0.15) is 0 Å². The minimum Gasteiger partial charge on any atom is -0.415 e. The molecule has 28 heavy (non-hydrogen) atoms. The molecule has 0 spiro atoms. The molecular formula is C20H26N4O3S. The van der Waals surface area contributed by atoms with Gasteiger partial charge in [0, 0.05) is 11.5 Å². The molecule has 8 heteroatoms. The van der Waals surface area contributed by atoms with Crippen LogP contribution in [0.4, 0.5) is 5.69 Å². The molecule has 1 fully saturated rings. The van der Waals surface area contributed by atoms with Gasteiger partial charge in [-0.05, 0) is 25.0 Å². The van der Waals surface area contributed by atoms with E-state index < -0.39 is 0 Å². The Kier molecular flexibility index (Phi) is 6.39. The number of amides is 2. The average molecular weight is 403 g/mol. The van der Waals surface area contributed by atoms with Gasteiger partial charge in [0.2, 0.25) is 11.8 Å². The fraction of sp³-hybridized carbons (Fsp3) is 0.500. The van der Waals surface area contributed by atoms with Gasteiger partial charge in [-0.25, -0.2) is 0 Å². The average Bonchev–Trinajstić information content (AvgIpc) is 3.32. The summed E-state index contributed by atoms with van der Waals surface area (Å²) in [6.07, 6.45) is 4.32. The van der Waals surface area contributed by atoms with Gasteiger partial charge in [-0.3, -0.25) is 9.59 Å². The number of para-hydroxylation sites is 1. The third kappa shape index (κ3) is 5.34. The van der Waals surface area contributed by atoms with E-state index in [2.05, 4.69) is 20.8 Å². The van der Waals surface area contributed by atoms with Gasteiger partial charge in [0.15, 0.2) is 0 Å². The summed E-state index contributed by atoms with van der Waals surface area (Å²) in [5.74, 6) is 0.262. The van der Waals surface area contributed by atoms with Crippen molar-refractivity contribution < 1.29 is 14.0 Å². The molecular weight excluding hydrogens is 376 g/mol. The maximum absolute atomic E-state index is 12.6. The van der Waals surface area contributed by atoms with Gasteiger partial charge in [-0.15, -0.1) is 10.2 Å². The van der Waals surface area contributed by atoms with Crippen molar-refractivity contribution in [3.8, 4) is 0 Å². The molecule has 1 aromatic carbocycles. The summed E-state index contributed by atoms with van der Waals surface area (Å²) in [6, 6.07) is 7.27. The van der Waals surface area contributed by atoms with Gasteiger partial charge in [0.25, 0.3) is 11.1 Å². The standard InChI is InChI=1S/C20H26N4O3S/c1-20(2,3)18-23-24-19(27-18)28-12-16(25)22-15-11-7-6-10-14(15)17(26)21-13-8-4-5-9-13/h6-7,10-11,13H,4-5,8-9,12H2,1-3H3,(H,21,26)(H,22,25). The zero-order valence-electron chi connectivity index (χ0n) is 16.4. The maximum atomic E-state index is 12.6. The molecule has 1 saturated carbocycles. The summed E-state index contributed by atoms with van der Waals surface area (Å²) in [7, 11) is 0. The van der Waals surface area contributed by atoms with Crippen LogP contribution in [0.15, 0.2) is 33.9 Å². The summed E-state index contributed by atoms with van der Waals surface area (Å²) < 4.78 is 5.58. The first kappa shape index (κ1) is 20.4. The first-order chi connectivity index (χ1) is 13.3. The number of benzene rings is 1. The van der Waals surface area contributed by atoms with Crippen molar-refractivity contribution in [2.45, 2.75) is 63.1 Å². The van der Waals surface area contributed by atoms with E-state index in [0.29, 0.717) is 22.4 Å². The molecule has 0 aliphatic heterocycles. The van der Waals surface area contributed by atoms with Crippen LogP contribution in [0, 0.1) is 0 Å². The highest BCUT2D eigenvalue weighted by Crippen LogP contribution is 2.25. The fourth-order valence-electron chi connectivity index (χ4n) is 3.01. The van der Waals surface area contributed by atoms with E-state index in [9.17, 15) is 9.59 Å². The third-order valence-corrected chi connectivity index (χ3v) is 5.33. The van der Waals surface area contributed by atoms with Crippen molar-refractivity contribution >= 4 is 29.3 Å². The van der Waals surface area contributed by atoms with E-state index in [-0.39, 0.29) is 29.0 Å². The molecule has 0 unspecified atom stereocenters. The molecule has 2 aromatic rings. The highest BCUT2D eigenvalue weighted by atomic mass is 32.2. The second-order valence-corrected chi connectivity index (χ2v) is 8.89. The predicted octanol–water partition coefficient (Wildman–Crippen LogP) is 3.77. The predicted molar refractivity (Wildman–Crippen MR) is 109 cm³/mol. The number of hydrogen-bond donors (Lipinski definition) is 2. The number of carbonyl (C=O) groups excluding carboxylic acids is 2. The number of thioether (sulfide) groups is 1. The Morgan fingerprint density at radius 2 is 1.89 bits per heavy atom. The smallest absolute Gasteiger partial charge is 0.277 e. The quantitative estimate of drug-likeness (QED) is 0.714. The fourth-order valence-corrected chi connectivity index (χ4v) is 3.57. The summed E-state index contributed by atoms with van der Waals surface area (Å²) in [5.41, 5.74) is 0.740. The summed E-state index contributed by atoms with van der Waals surface area (Å²) in [4.78, 5) is 24.9. The monoisotopic (exact) mass is 402 g/mol. The van der Waals surface area contributed by atoms with Crippen molar-refractivity contribution in [1.82, 2.24) is 15.5 Å². The lowest BCUT2D eigenvalue weighted by atomic mass is 9.97. The van der Waals surface area contributed by atoms with E-state index in [1.807, 2.05) is 20.8 Å². The Labute approximate surface area is 169 Å². The zero-order valence-corrected chi connectivity index (χ0v) is 17.3. The minimum absolute atomic E-state index is 0.115. The first-order valence-corrected chi connectivity index (χ1v) is 10.5. The van der Waals surface area contributed by atoms with Crippen molar-refractivity contribution in [2.75, 3.05) is 11.1 Å². The first-order valence-electron chi connectivity index (χ1n) is 9.49. The molecule has 0 bridgehead atoms. The minimum atomic E-state index is -0.236. The number of anilines is 1. The van der Waals surface area contributed by atoms with Gasteiger partial charge in [0.05, 0.1) is 17.0 Å². The van der Waals surface area contributed by atoms with Crippen molar-refractivity contribution in [1.29, 1.82) is 0 Å². The number of carbonyl (C=O) groups is 2. The second-order valence-electron chi connectivity index (χ2n) is 7.96. The second kappa shape index (κ2) is 8.77. The molecule has 1 aliphatic rings. The molecule has 1 aromatic heterocycles. The van der Waals surface area contributed by atoms with Crippen molar-refractivity contribution in [3.63, 3.8) is 0 Å². The van der Waals surface area contributed by atoms with Crippen LogP contribution >= 0.6 is 11.8 Å². The number of rotatable bonds is 6. The molecule has 0 saturated heterocycles. The van der Waals surface area contributed by atoms with E-state index in [0.717, 1.165) is 25.7 Å². The number of nitrogens with zero attached hydrogens (tertiary/aromatic N) is 2. The third-order valence-electron chi connectivity index (χ3n) is 4.51. The lowest BCUT2D eigenvalue weighted by Gasteiger charge is -2.14. The molecule has 1 aliphatic carbocycles. The van der Waals surface area contributed by atoms with Crippen LogP contribution in [0.1, 0.15) is 62.7 Å². The Morgan fingerprint density at radius 1 is 1.18 bits per heavy atom. The maximum Gasteiger partial charge on any atom is 0.277 e. The normalized spacial score (nSPS) is 14.8. The van der Waals surface area contributed by atoms with Crippen LogP contribution in [0.2, 0.25) is 0 Å². The lowest BCUT2D eigenvalue weighted by Crippen LogP contribution is -2.33. The molecule has 7 nitrogen and oxygen atoms in total. The topological polar surface area (TPSA) is 97.1 Å². The Balaban J connectivity index is 1.58. The molecule has 1 heterocycles. The van der Waals surface area contributed by atoms with Gasteiger partial charge in [-0.1, -0.05) is 57.5 Å². The van der Waals surface area contributed by atoms with Crippen molar-refractivity contribution in [2.24, 2.45) is 0 Å². The zero-order chi connectivity index (χ0) is 20.1. The summed E-state index contributed by atoms with van der Waals surface area (Å²) in [5, 5.41) is 14.2. The number of hydrogen-bond acceptors (Lipinski definition) is 6.